The zero-order chi connectivity index (χ0) is 8.65. The molecule has 0 bridgehead atoms. The van der Waals surface area contributed by atoms with Crippen molar-refractivity contribution in [1.29, 1.82) is 0 Å². The van der Waals surface area contributed by atoms with E-state index in [4.69, 9.17) is 0 Å². The van der Waals surface area contributed by atoms with Crippen LogP contribution in [-0.2, 0) is 0 Å². The number of allylic oxidation sites excluding steroid dienone is 2. The Kier molecular flexibility index (Phi) is 5.14. The second kappa shape index (κ2) is 6.28. The van der Waals surface area contributed by atoms with Crippen LogP contribution in [0.5, 0.6) is 0 Å². The lowest BCUT2D eigenvalue weighted by atomic mass is 9.89. The highest BCUT2D eigenvalue weighted by Gasteiger charge is 2.08. The Bertz CT molecular complexity index is 118. The molecule has 1 aliphatic rings. The van der Waals surface area contributed by atoms with Crippen LogP contribution >= 0.6 is 0 Å². The highest BCUT2D eigenvalue weighted by molar-refractivity contribution is 4.89. The molecule has 0 aromatic carbocycles. The average Bonchev–Trinajstić information content (AvgIpc) is 2.14. The van der Waals surface area contributed by atoms with Crippen molar-refractivity contribution in [1.82, 2.24) is 0 Å². The van der Waals surface area contributed by atoms with Gasteiger partial charge in [-0.25, -0.2) is 0 Å². The minimum absolute atomic E-state index is 0.926. The van der Waals surface area contributed by atoms with E-state index in [1.165, 1.54) is 51.4 Å². The third-order valence-electron chi connectivity index (χ3n) is 2.78. The van der Waals surface area contributed by atoms with Crippen LogP contribution in [0.3, 0.4) is 0 Å². The predicted octanol–water partition coefficient (Wildman–Crippen LogP) is 4.31. The maximum atomic E-state index is 2.47. The quantitative estimate of drug-likeness (QED) is 0.431. The lowest BCUT2D eigenvalue weighted by Gasteiger charge is -2.17. The van der Waals surface area contributed by atoms with E-state index in [2.05, 4.69) is 19.1 Å². The van der Waals surface area contributed by atoms with Gasteiger partial charge in [0, 0.05) is 0 Å². The molecule has 70 valence electrons. The fourth-order valence-corrected chi connectivity index (χ4v) is 1.94. The van der Waals surface area contributed by atoms with Gasteiger partial charge in [0.15, 0.2) is 0 Å². The third-order valence-corrected chi connectivity index (χ3v) is 2.78. The first-order chi connectivity index (χ1) is 5.93. The minimum atomic E-state index is 0.926. The van der Waals surface area contributed by atoms with Gasteiger partial charge < -0.3 is 0 Å². The van der Waals surface area contributed by atoms with Crippen molar-refractivity contribution >= 4 is 0 Å². The lowest BCUT2D eigenvalue weighted by molar-refractivity contribution is 0.418. The van der Waals surface area contributed by atoms with Crippen LogP contribution in [0, 0.1) is 5.92 Å². The zero-order valence-electron chi connectivity index (χ0n) is 8.39. The molecule has 0 aromatic rings. The van der Waals surface area contributed by atoms with Gasteiger partial charge in [0.1, 0.15) is 0 Å². The fraction of sp³-hybridized carbons (Fsp3) is 0.833. The van der Waals surface area contributed by atoms with E-state index in [0.717, 1.165) is 5.92 Å². The fourth-order valence-electron chi connectivity index (χ4n) is 1.94. The Morgan fingerprint density at radius 1 is 1.17 bits per heavy atom. The van der Waals surface area contributed by atoms with E-state index >= 15 is 0 Å². The van der Waals surface area contributed by atoms with E-state index in [1.54, 1.807) is 0 Å². The van der Waals surface area contributed by atoms with Crippen molar-refractivity contribution in [3.63, 3.8) is 0 Å². The Balaban J connectivity index is 2.07. The Morgan fingerprint density at radius 3 is 2.58 bits per heavy atom. The SMILES string of the molecule is CCCC/C=C\C1CCCCC1. The molecule has 1 aliphatic carbocycles. The topological polar surface area (TPSA) is 0 Å². The van der Waals surface area contributed by atoms with Crippen molar-refractivity contribution < 1.29 is 0 Å². The molecule has 0 atom stereocenters. The number of hydrogen-bond donors (Lipinski definition) is 0. The first-order valence-corrected chi connectivity index (χ1v) is 5.60. The Labute approximate surface area is 77.1 Å². The molecule has 0 saturated heterocycles. The summed E-state index contributed by atoms with van der Waals surface area (Å²) in [4.78, 5) is 0. The third kappa shape index (κ3) is 3.94. The molecule has 0 nitrogen and oxygen atoms in total. The summed E-state index contributed by atoms with van der Waals surface area (Å²) in [5, 5.41) is 0. The van der Waals surface area contributed by atoms with Crippen molar-refractivity contribution in [2.75, 3.05) is 0 Å². The number of hydrogen-bond acceptors (Lipinski definition) is 0. The summed E-state index contributed by atoms with van der Waals surface area (Å²) in [6.07, 6.45) is 16.1. The molecule has 0 radical (unpaired) electrons. The van der Waals surface area contributed by atoms with Gasteiger partial charge in [0.2, 0.25) is 0 Å². The molecule has 0 aromatic heterocycles. The summed E-state index contributed by atoms with van der Waals surface area (Å²) in [7, 11) is 0. The van der Waals surface area contributed by atoms with Crippen LogP contribution in [0.1, 0.15) is 58.3 Å². The van der Waals surface area contributed by atoms with Gasteiger partial charge in [0.05, 0.1) is 0 Å². The van der Waals surface area contributed by atoms with E-state index in [-0.39, 0.29) is 0 Å². The molecule has 0 heteroatoms. The van der Waals surface area contributed by atoms with E-state index in [1.807, 2.05) is 0 Å². The summed E-state index contributed by atoms with van der Waals surface area (Å²) in [6, 6.07) is 0. The molecule has 0 aliphatic heterocycles. The molecule has 0 heterocycles. The van der Waals surface area contributed by atoms with Crippen molar-refractivity contribution in [2.24, 2.45) is 5.92 Å². The summed E-state index contributed by atoms with van der Waals surface area (Å²) in [5.41, 5.74) is 0. The molecule has 1 rings (SSSR count). The standard InChI is InChI=1S/C12H22/c1-2-3-4-6-9-12-10-7-5-8-11-12/h6,9,12H,2-5,7-8,10-11H2,1H3/b9-6-. The van der Waals surface area contributed by atoms with Crippen molar-refractivity contribution in [2.45, 2.75) is 58.3 Å². The largest absolute Gasteiger partial charge is 0.0883 e. The van der Waals surface area contributed by atoms with Gasteiger partial charge >= 0.3 is 0 Å². The van der Waals surface area contributed by atoms with Gasteiger partial charge in [-0.2, -0.15) is 0 Å². The Hall–Kier alpha value is -0.260. The van der Waals surface area contributed by atoms with Crippen molar-refractivity contribution in [3.05, 3.63) is 12.2 Å². The molecule has 0 N–H and O–H groups in total. The molecule has 0 spiro atoms. The van der Waals surface area contributed by atoms with E-state index < -0.39 is 0 Å². The van der Waals surface area contributed by atoms with E-state index in [0.29, 0.717) is 0 Å². The lowest BCUT2D eigenvalue weighted by Crippen LogP contribution is -2.02. The molecule has 1 fully saturated rings. The Morgan fingerprint density at radius 2 is 1.92 bits per heavy atom. The van der Waals surface area contributed by atoms with Crippen LogP contribution in [-0.4, -0.2) is 0 Å². The smallest absolute Gasteiger partial charge is 0.0234 e. The van der Waals surface area contributed by atoms with Crippen LogP contribution in [0.25, 0.3) is 0 Å². The van der Waals surface area contributed by atoms with Crippen LogP contribution in [0.15, 0.2) is 12.2 Å². The zero-order valence-corrected chi connectivity index (χ0v) is 8.39. The van der Waals surface area contributed by atoms with Gasteiger partial charge in [-0.15, -0.1) is 0 Å². The maximum Gasteiger partial charge on any atom is -0.0234 e. The van der Waals surface area contributed by atoms with Gasteiger partial charge in [-0.3, -0.25) is 0 Å². The highest BCUT2D eigenvalue weighted by Crippen LogP contribution is 2.24. The average molecular weight is 166 g/mol. The van der Waals surface area contributed by atoms with Crippen LogP contribution in [0.2, 0.25) is 0 Å². The molecule has 0 unspecified atom stereocenters. The maximum absolute atomic E-state index is 2.47. The van der Waals surface area contributed by atoms with Crippen LogP contribution in [0.4, 0.5) is 0 Å². The minimum Gasteiger partial charge on any atom is -0.0883 e. The molecule has 12 heavy (non-hydrogen) atoms. The molecular formula is C12H22. The van der Waals surface area contributed by atoms with Crippen molar-refractivity contribution in [3.8, 4) is 0 Å². The molecular weight excluding hydrogens is 144 g/mol. The molecule has 1 saturated carbocycles. The van der Waals surface area contributed by atoms with Gasteiger partial charge in [0.25, 0.3) is 0 Å². The van der Waals surface area contributed by atoms with Gasteiger partial charge in [-0.05, 0) is 25.2 Å². The summed E-state index contributed by atoms with van der Waals surface area (Å²) in [6.45, 7) is 2.26. The second-order valence-electron chi connectivity index (χ2n) is 3.97. The number of rotatable bonds is 4. The van der Waals surface area contributed by atoms with E-state index in [9.17, 15) is 0 Å². The summed E-state index contributed by atoms with van der Waals surface area (Å²) < 4.78 is 0. The van der Waals surface area contributed by atoms with Crippen LogP contribution < -0.4 is 0 Å². The predicted molar refractivity (Wildman–Crippen MR) is 55.2 cm³/mol. The molecule has 0 amide bonds. The summed E-state index contributed by atoms with van der Waals surface area (Å²) in [5.74, 6) is 0.926. The van der Waals surface area contributed by atoms with Gasteiger partial charge in [-0.1, -0.05) is 51.2 Å². The highest BCUT2D eigenvalue weighted by atomic mass is 14.1. The second-order valence-corrected chi connectivity index (χ2v) is 3.97. The first-order valence-electron chi connectivity index (χ1n) is 5.60. The normalized spacial score (nSPS) is 20.4. The summed E-state index contributed by atoms with van der Waals surface area (Å²) >= 11 is 0. The number of unbranched alkanes of at least 4 members (excludes halogenated alkanes) is 2. The first kappa shape index (κ1) is 9.83. The monoisotopic (exact) mass is 166 g/mol.